The van der Waals surface area contributed by atoms with E-state index in [2.05, 4.69) is 5.32 Å². The van der Waals surface area contributed by atoms with Gasteiger partial charge in [0, 0.05) is 13.2 Å². The summed E-state index contributed by atoms with van der Waals surface area (Å²) in [6.45, 7) is 6.42. The molecule has 0 atom stereocenters. The maximum absolute atomic E-state index is 13.5. The number of rotatable bonds is 7. The molecule has 130 valence electrons. The zero-order valence-electron chi connectivity index (χ0n) is 13.0. The van der Waals surface area contributed by atoms with Gasteiger partial charge in [0.2, 0.25) is 5.82 Å². The molecule has 0 spiro atoms. The van der Waals surface area contributed by atoms with E-state index in [1.165, 1.54) is 0 Å². The Balaban J connectivity index is 2.74. The number of hydrogen-bond donors (Lipinski definition) is 1. The fourth-order valence-corrected chi connectivity index (χ4v) is 4.03. The maximum Gasteiger partial charge on any atom is 0.257 e. The number of hydrogen-bond acceptors (Lipinski definition) is 2. The zero-order valence-corrected chi connectivity index (χ0v) is 14.0. The van der Waals surface area contributed by atoms with Crippen molar-refractivity contribution in [3.8, 4) is 0 Å². The first-order valence-electron chi connectivity index (χ1n) is 7.06. The Morgan fingerprint density at radius 2 is 1.48 bits per heavy atom. The Hall–Kier alpha value is -1.48. The summed E-state index contributed by atoms with van der Waals surface area (Å²) < 4.78 is 71.5. The summed E-state index contributed by atoms with van der Waals surface area (Å²) in [5.74, 6) is -12.2. The number of amides is 1. The van der Waals surface area contributed by atoms with Gasteiger partial charge in [0.25, 0.3) is 5.91 Å². The minimum absolute atomic E-state index is 0.0435. The molecule has 1 aromatic carbocycles. The molecule has 0 saturated carbocycles. The Kier molecular flexibility index (Phi) is 6.69. The molecule has 1 amide bonds. The molecule has 1 N–H and O–H groups in total. The van der Waals surface area contributed by atoms with E-state index >= 15 is 0 Å². The minimum atomic E-state index is -2.29. The molecular formula is C14H18F5NO2Si. The van der Waals surface area contributed by atoms with Gasteiger partial charge in [-0.3, -0.25) is 4.79 Å². The predicted molar refractivity (Wildman–Crippen MR) is 77.1 cm³/mol. The predicted octanol–water partition coefficient (Wildman–Crippen LogP) is 3.74. The standard InChI is InChI=1S/C14H18F5NO2Si/c1-4-22-23(2,3)7-5-6-20-14(21)8-9(15)11(17)13(19)12(18)10(8)16/h4-7H2,1-3H3,(H,20,21). The van der Waals surface area contributed by atoms with E-state index in [-0.39, 0.29) is 6.54 Å². The Morgan fingerprint density at radius 1 is 1.00 bits per heavy atom. The molecule has 0 bridgehead atoms. The lowest BCUT2D eigenvalue weighted by Gasteiger charge is -2.21. The van der Waals surface area contributed by atoms with Gasteiger partial charge in [-0.15, -0.1) is 0 Å². The number of carbonyl (C=O) groups excluding carboxylic acids is 1. The Bertz CT molecular complexity index is 566. The number of benzene rings is 1. The molecule has 1 rings (SSSR count). The number of nitrogens with one attached hydrogen (secondary N) is 1. The SMILES string of the molecule is CCO[Si](C)(C)CCCNC(=O)c1c(F)c(F)c(F)c(F)c1F. The van der Waals surface area contributed by atoms with Crippen molar-refractivity contribution < 1.29 is 31.2 Å². The molecule has 0 fully saturated rings. The van der Waals surface area contributed by atoms with Gasteiger partial charge < -0.3 is 9.74 Å². The summed E-state index contributed by atoms with van der Waals surface area (Å²) in [7, 11) is -1.87. The average molecular weight is 355 g/mol. The fourth-order valence-electron chi connectivity index (χ4n) is 2.07. The molecule has 0 heterocycles. The number of carbonyl (C=O) groups is 1. The topological polar surface area (TPSA) is 38.3 Å². The summed E-state index contributed by atoms with van der Waals surface area (Å²) in [6, 6.07) is 0.679. The molecule has 0 aliphatic heterocycles. The highest BCUT2D eigenvalue weighted by Gasteiger charge is 2.29. The van der Waals surface area contributed by atoms with Gasteiger partial charge in [-0.25, -0.2) is 22.0 Å². The van der Waals surface area contributed by atoms with Crippen molar-refractivity contribution in [1.29, 1.82) is 0 Å². The van der Waals surface area contributed by atoms with Crippen molar-refractivity contribution in [1.82, 2.24) is 5.32 Å². The summed E-state index contributed by atoms with van der Waals surface area (Å²) in [5, 5.41) is 2.16. The van der Waals surface area contributed by atoms with Crippen molar-refractivity contribution in [2.45, 2.75) is 32.5 Å². The molecular weight excluding hydrogens is 337 g/mol. The second-order valence-corrected chi connectivity index (χ2v) is 9.81. The van der Waals surface area contributed by atoms with Crippen LogP contribution in [0.25, 0.3) is 0 Å². The highest BCUT2D eigenvalue weighted by atomic mass is 28.4. The van der Waals surface area contributed by atoms with Crippen LogP contribution in [0.2, 0.25) is 19.1 Å². The quantitative estimate of drug-likeness (QED) is 0.266. The smallest absolute Gasteiger partial charge is 0.257 e. The van der Waals surface area contributed by atoms with Crippen LogP contribution in [0.1, 0.15) is 23.7 Å². The molecule has 9 heteroatoms. The summed E-state index contributed by atoms with van der Waals surface area (Å²) in [5.41, 5.74) is -1.47. The summed E-state index contributed by atoms with van der Waals surface area (Å²) >= 11 is 0. The summed E-state index contributed by atoms with van der Waals surface area (Å²) in [4.78, 5) is 11.7. The number of halogens is 5. The van der Waals surface area contributed by atoms with Crippen LogP contribution in [0.15, 0.2) is 0 Å². The third kappa shape index (κ3) is 4.74. The average Bonchev–Trinajstić information content (AvgIpc) is 2.47. The van der Waals surface area contributed by atoms with E-state index in [0.29, 0.717) is 19.1 Å². The van der Waals surface area contributed by atoms with Crippen LogP contribution in [0.5, 0.6) is 0 Å². The first kappa shape index (κ1) is 19.6. The van der Waals surface area contributed by atoms with E-state index in [1.54, 1.807) is 0 Å². The lowest BCUT2D eigenvalue weighted by atomic mass is 10.1. The highest BCUT2D eigenvalue weighted by molar-refractivity contribution is 6.71. The molecule has 0 aliphatic rings. The van der Waals surface area contributed by atoms with Crippen LogP contribution in [0.3, 0.4) is 0 Å². The van der Waals surface area contributed by atoms with Gasteiger partial charge in [-0.1, -0.05) is 0 Å². The first-order valence-corrected chi connectivity index (χ1v) is 10.2. The third-order valence-corrected chi connectivity index (χ3v) is 5.84. The molecule has 0 saturated heterocycles. The van der Waals surface area contributed by atoms with Crippen molar-refractivity contribution >= 4 is 14.2 Å². The van der Waals surface area contributed by atoms with Gasteiger partial charge in [0.1, 0.15) is 5.56 Å². The van der Waals surface area contributed by atoms with Crippen LogP contribution in [0, 0.1) is 29.1 Å². The fraction of sp³-hybridized carbons (Fsp3) is 0.500. The van der Waals surface area contributed by atoms with E-state index in [0.717, 1.165) is 0 Å². The van der Waals surface area contributed by atoms with Crippen molar-refractivity contribution in [2.24, 2.45) is 0 Å². The van der Waals surface area contributed by atoms with Gasteiger partial charge in [0.05, 0.1) is 0 Å². The van der Waals surface area contributed by atoms with Gasteiger partial charge >= 0.3 is 0 Å². The van der Waals surface area contributed by atoms with E-state index in [9.17, 15) is 26.7 Å². The molecule has 1 aromatic rings. The van der Waals surface area contributed by atoms with Crippen LogP contribution in [0.4, 0.5) is 22.0 Å². The monoisotopic (exact) mass is 355 g/mol. The van der Waals surface area contributed by atoms with Crippen molar-refractivity contribution in [3.05, 3.63) is 34.6 Å². The lowest BCUT2D eigenvalue weighted by molar-refractivity contribution is 0.0941. The molecule has 23 heavy (non-hydrogen) atoms. The molecule has 0 radical (unpaired) electrons. The van der Waals surface area contributed by atoms with Gasteiger partial charge in [0.15, 0.2) is 31.6 Å². The van der Waals surface area contributed by atoms with Crippen LogP contribution < -0.4 is 5.32 Å². The first-order chi connectivity index (χ1) is 10.6. The second kappa shape index (κ2) is 7.87. The zero-order chi connectivity index (χ0) is 17.8. The van der Waals surface area contributed by atoms with Gasteiger partial charge in [-0.05, 0) is 32.5 Å². The summed E-state index contributed by atoms with van der Waals surface area (Å²) in [6.07, 6.45) is 0.473. The third-order valence-electron chi connectivity index (χ3n) is 3.21. The minimum Gasteiger partial charge on any atom is -0.418 e. The van der Waals surface area contributed by atoms with E-state index in [4.69, 9.17) is 4.43 Å². The van der Waals surface area contributed by atoms with Crippen molar-refractivity contribution in [2.75, 3.05) is 13.2 Å². The second-order valence-electron chi connectivity index (χ2n) is 5.50. The molecule has 0 aromatic heterocycles. The Labute approximate surface area is 132 Å². The van der Waals surface area contributed by atoms with Gasteiger partial charge in [-0.2, -0.15) is 0 Å². The Morgan fingerprint density at radius 3 is 1.96 bits per heavy atom. The van der Waals surface area contributed by atoms with E-state index < -0.39 is 48.9 Å². The lowest BCUT2D eigenvalue weighted by Crippen LogP contribution is -2.33. The van der Waals surface area contributed by atoms with Crippen LogP contribution in [-0.4, -0.2) is 27.4 Å². The molecule has 0 aliphatic carbocycles. The van der Waals surface area contributed by atoms with Crippen LogP contribution in [-0.2, 0) is 4.43 Å². The molecule has 3 nitrogen and oxygen atoms in total. The van der Waals surface area contributed by atoms with Crippen molar-refractivity contribution in [3.63, 3.8) is 0 Å². The normalized spacial score (nSPS) is 11.7. The van der Waals surface area contributed by atoms with Crippen LogP contribution >= 0.6 is 0 Å². The maximum atomic E-state index is 13.5. The highest BCUT2D eigenvalue weighted by Crippen LogP contribution is 2.23. The van der Waals surface area contributed by atoms with E-state index in [1.807, 2.05) is 20.0 Å². The largest absolute Gasteiger partial charge is 0.418 e. The molecule has 0 unspecified atom stereocenters.